The molecule has 1 aliphatic rings. The topological polar surface area (TPSA) is 106 Å². The highest BCUT2D eigenvalue weighted by Gasteiger charge is 2.18. The lowest BCUT2D eigenvalue weighted by Gasteiger charge is -2.10. The van der Waals surface area contributed by atoms with E-state index in [9.17, 15) is 9.90 Å². The molecule has 4 aromatic rings. The van der Waals surface area contributed by atoms with E-state index in [0.717, 1.165) is 0 Å². The number of carbonyl (C=O) groups excluding carboxylic acids is 1. The predicted molar refractivity (Wildman–Crippen MR) is 117 cm³/mol. The summed E-state index contributed by atoms with van der Waals surface area (Å²) in [5, 5.41) is 13.2. The maximum atomic E-state index is 13.2. The number of nitrogens with one attached hydrogen (secondary N) is 1. The molecule has 160 valence electrons. The third-order valence-electron chi connectivity index (χ3n) is 5.08. The van der Waals surface area contributed by atoms with E-state index in [1.165, 1.54) is 0 Å². The Morgan fingerprint density at radius 1 is 1.12 bits per heavy atom. The fourth-order valence-corrected chi connectivity index (χ4v) is 3.45. The summed E-state index contributed by atoms with van der Waals surface area (Å²) in [5.41, 5.74) is 3.14. The number of rotatable bonds is 4. The van der Waals surface area contributed by atoms with E-state index in [2.05, 4.69) is 15.3 Å². The monoisotopic (exact) mass is 429 g/mol. The molecular weight excluding hydrogens is 410 g/mol. The highest BCUT2D eigenvalue weighted by Crippen LogP contribution is 2.35. The molecule has 2 aromatic heterocycles. The van der Waals surface area contributed by atoms with Gasteiger partial charge in [0, 0.05) is 28.9 Å². The van der Waals surface area contributed by atoms with Gasteiger partial charge in [-0.15, -0.1) is 0 Å². The number of amides is 1. The fourth-order valence-electron chi connectivity index (χ4n) is 3.45. The number of aryl methyl sites for hydroxylation is 1. The number of benzene rings is 2. The van der Waals surface area contributed by atoms with Gasteiger partial charge in [-0.3, -0.25) is 9.78 Å². The van der Waals surface area contributed by atoms with Crippen molar-refractivity contribution in [2.45, 2.75) is 13.5 Å². The predicted octanol–water partition coefficient (Wildman–Crippen LogP) is 3.84. The second kappa shape index (κ2) is 8.16. The van der Waals surface area contributed by atoms with Gasteiger partial charge in [0.05, 0.1) is 18.0 Å². The van der Waals surface area contributed by atoms with Crippen molar-refractivity contribution in [1.82, 2.24) is 4.98 Å². The Labute approximate surface area is 182 Å². The Morgan fingerprint density at radius 2 is 1.94 bits per heavy atom. The molecule has 32 heavy (non-hydrogen) atoms. The maximum absolute atomic E-state index is 13.2. The van der Waals surface area contributed by atoms with Gasteiger partial charge in [-0.05, 0) is 37.3 Å². The summed E-state index contributed by atoms with van der Waals surface area (Å²) in [6.45, 7) is 1.71. The molecular formula is C24H19N3O5. The number of para-hydroxylation sites is 1. The summed E-state index contributed by atoms with van der Waals surface area (Å²) < 4.78 is 16.8. The van der Waals surface area contributed by atoms with Crippen LogP contribution in [0.3, 0.4) is 0 Å². The second-order valence-corrected chi connectivity index (χ2v) is 7.20. The molecule has 8 heteroatoms. The van der Waals surface area contributed by atoms with Gasteiger partial charge >= 0.3 is 0 Å². The molecule has 1 aliphatic heterocycles. The van der Waals surface area contributed by atoms with Crippen LogP contribution in [0.2, 0.25) is 0 Å². The van der Waals surface area contributed by atoms with Gasteiger partial charge < -0.3 is 24.3 Å². The largest absolute Gasteiger partial charge is 0.454 e. The van der Waals surface area contributed by atoms with Crippen LogP contribution < -0.4 is 20.3 Å². The number of aliphatic hydroxyl groups is 1. The molecule has 0 aliphatic carbocycles. The lowest BCUT2D eigenvalue weighted by Crippen LogP contribution is -2.22. The van der Waals surface area contributed by atoms with Crippen molar-refractivity contribution in [1.29, 1.82) is 0 Å². The average molecular weight is 429 g/mol. The van der Waals surface area contributed by atoms with E-state index in [1.54, 1.807) is 49.5 Å². The van der Waals surface area contributed by atoms with Gasteiger partial charge in [0.15, 0.2) is 17.1 Å². The number of hydrogen-bond donors (Lipinski definition) is 2. The number of aliphatic hydroxyl groups excluding tert-OH is 1. The van der Waals surface area contributed by atoms with E-state index in [1.807, 2.05) is 18.2 Å². The smallest absolute Gasteiger partial charge is 0.261 e. The summed E-state index contributed by atoms with van der Waals surface area (Å²) >= 11 is 0. The van der Waals surface area contributed by atoms with E-state index in [0.29, 0.717) is 45.1 Å². The average Bonchev–Trinajstić information content (AvgIpc) is 3.28. The minimum absolute atomic E-state index is 0.116. The molecule has 0 saturated carbocycles. The zero-order valence-corrected chi connectivity index (χ0v) is 17.2. The van der Waals surface area contributed by atoms with Gasteiger partial charge in [-0.25, -0.2) is 4.99 Å². The molecule has 8 nitrogen and oxygen atoms in total. The quantitative estimate of drug-likeness (QED) is 0.511. The van der Waals surface area contributed by atoms with Gasteiger partial charge in [0.1, 0.15) is 5.56 Å². The fraction of sp³-hybridized carbons (Fsp3) is 0.125. The number of nitrogens with zero attached hydrogens (tertiary/aromatic N) is 2. The SMILES string of the molecule is Cc1ncc(CO)c2cc(C(=O)Nc3ccccc3)c(=Nc3ccc4c(c3)OCO4)oc12. The summed E-state index contributed by atoms with van der Waals surface area (Å²) in [5.74, 6) is 0.816. The summed E-state index contributed by atoms with van der Waals surface area (Å²) in [6.07, 6.45) is 1.57. The number of pyridine rings is 1. The first kappa shape index (κ1) is 19.8. The Bertz CT molecular complexity index is 1400. The highest BCUT2D eigenvalue weighted by atomic mass is 16.7. The minimum atomic E-state index is -0.389. The molecule has 0 saturated heterocycles. The lowest BCUT2D eigenvalue weighted by molar-refractivity contribution is 0.102. The molecule has 0 atom stereocenters. The third kappa shape index (κ3) is 3.67. The standard InChI is InChI=1S/C24H19N3O5/c1-14-22-18(15(12-28)11-25-14)10-19(23(29)26-16-5-3-2-4-6-16)24(32-22)27-17-7-8-20-21(9-17)31-13-30-20/h2-11,28H,12-13H2,1H3,(H,26,29). The van der Waals surface area contributed by atoms with E-state index in [4.69, 9.17) is 13.9 Å². The van der Waals surface area contributed by atoms with Gasteiger partial charge in [-0.1, -0.05) is 18.2 Å². The van der Waals surface area contributed by atoms with E-state index in [-0.39, 0.29) is 30.4 Å². The second-order valence-electron chi connectivity index (χ2n) is 7.20. The van der Waals surface area contributed by atoms with Crippen LogP contribution >= 0.6 is 0 Å². The Balaban J connectivity index is 1.70. The zero-order valence-electron chi connectivity index (χ0n) is 17.2. The van der Waals surface area contributed by atoms with Crippen LogP contribution in [0.1, 0.15) is 21.6 Å². The molecule has 0 unspecified atom stereocenters. The van der Waals surface area contributed by atoms with Crippen LogP contribution in [-0.2, 0) is 6.61 Å². The lowest BCUT2D eigenvalue weighted by atomic mass is 10.1. The number of ether oxygens (including phenoxy) is 2. The van der Waals surface area contributed by atoms with Gasteiger partial charge in [-0.2, -0.15) is 0 Å². The van der Waals surface area contributed by atoms with Crippen molar-refractivity contribution in [2.75, 3.05) is 12.1 Å². The highest BCUT2D eigenvalue weighted by molar-refractivity contribution is 6.05. The molecule has 2 N–H and O–H groups in total. The van der Waals surface area contributed by atoms with E-state index < -0.39 is 0 Å². The maximum Gasteiger partial charge on any atom is 0.261 e. The molecule has 0 radical (unpaired) electrons. The van der Waals surface area contributed by atoms with Crippen molar-refractivity contribution >= 4 is 28.3 Å². The van der Waals surface area contributed by atoms with Crippen LogP contribution in [0.5, 0.6) is 11.5 Å². The Hall–Kier alpha value is -4.17. The first-order valence-electron chi connectivity index (χ1n) is 9.96. The number of fused-ring (bicyclic) bond motifs is 2. The first-order chi connectivity index (χ1) is 15.6. The Kier molecular flexibility index (Phi) is 5.04. The Morgan fingerprint density at radius 3 is 2.75 bits per heavy atom. The van der Waals surface area contributed by atoms with Crippen LogP contribution in [0.4, 0.5) is 11.4 Å². The van der Waals surface area contributed by atoms with E-state index >= 15 is 0 Å². The van der Waals surface area contributed by atoms with Crippen LogP contribution in [0.15, 0.2) is 70.2 Å². The zero-order chi connectivity index (χ0) is 22.1. The molecule has 3 heterocycles. The molecule has 1 amide bonds. The van der Waals surface area contributed by atoms with Crippen LogP contribution in [-0.4, -0.2) is 22.8 Å². The third-order valence-corrected chi connectivity index (χ3v) is 5.08. The molecule has 2 aromatic carbocycles. The molecule has 5 rings (SSSR count). The van der Waals surface area contributed by atoms with Crippen molar-refractivity contribution in [2.24, 2.45) is 4.99 Å². The normalized spacial score (nSPS) is 12.9. The van der Waals surface area contributed by atoms with Crippen molar-refractivity contribution in [3.63, 3.8) is 0 Å². The minimum Gasteiger partial charge on any atom is -0.454 e. The summed E-state index contributed by atoms with van der Waals surface area (Å²) in [7, 11) is 0. The first-order valence-corrected chi connectivity index (χ1v) is 9.96. The summed E-state index contributed by atoms with van der Waals surface area (Å²) in [6, 6.07) is 16.0. The van der Waals surface area contributed by atoms with Crippen molar-refractivity contribution in [3.05, 3.63) is 83.2 Å². The molecule has 0 spiro atoms. The van der Waals surface area contributed by atoms with Gasteiger partial charge in [0.25, 0.3) is 5.91 Å². The van der Waals surface area contributed by atoms with Crippen molar-refractivity contribution < 1.29 is 23.8 Å². The number of anilines is 1. The van der Waals surface area contributed by atoms with Crippen LogP contribution in [0.25, 0.3) is 11.0 Å². The van der Waals surface area contributed by atoms with Gasteiger partial charge in [0.2, 0.25) is 12.3 Å². The van der Waals surface area contributed by atoms with Crippen molar-refractivity contribution in [3.8, 4) is 11.5 Å². The number of hydrogen-bond acceptors (Lipinski definition) is 7. The van der Waals surface area contributed by atoms with Crippen LogP contribution in [0, 0.1) is 6.92 Å². The summed E-state index contributed by atoms with van der Waals surface area (Å²) in [4.78, 5) is 22.0. The molecule has 0 bridgehead atoms. The number of aromatic nitrogens is 1. The molecule has 0 fully saturated rings. The number of carbonyl (C=O) groups is 1.